The fourth-order valence-electron chi connectivity index (χ4n) is 2.00. The van der Waals surface area contributed by atoms with Crippen molar-refractivity contribution in [3.8, 4) is 22.6 Å². The molecule has 0 unspecified atom stereocenters. The van der Waals surface area contributed by atoms with Crippen molar-refractivity contribution in [3.05, 3.63) is 48.0 Å². The molecule has 0 fully saturated rings. The molecule has 0 aromatic heterocycles. The van der Waals surface area contributed by atoms with Gasteiger partial charge < -0.3 is 9.47 Å². The van der Waals surface area contributed by atoms with Gasteiger partial charge in [0, 0.05) is 11.6 Å². The molecule has 0 aliphatic heterocycles. The summed E-state index contributed by atoms with van der Waals surface area (Å²) in [6.45, 7) is 6.61. The molecule has 2 rings (SSSR count). The van der Waals surface area contributed by atoms with E-state index in [9.17, 15) is 18.4 Å². The molecule has 138 valence electrons. The Morgan fingerprint density at radius 2 is 1.42 bits per heavy atom. The number of benzene rings is 2. The fourth-order valence-corrected chi connectivity index (χ4v) is 2.00. The standard InChI is InChI=1S/C20H20F2O4/c1-11(2)19(23)25-14-6-7-15(16(21)10-14)13-5-8-18(17(22)9-13)26-20(24)12(3)4/h5-12H,1-4H3. The van der Waals surface area contributed by atoms with E-state index in [0.717, 1.165) is 12.1 Å². The van der Waals surface area contributed by atoms with Crippen molar-refractivity contribution < 1.29 is 27.8 Å². The van der Waals surface area contributed by atoms with Gasteiger partial charge in [0.1, 0.15) is 11.6 Å². The van der Waals surface area contributed by atoms with Crippen LogP contribution in [0.25, 0.3) is 11.1 Å². The summed E-state index contributed by atoms with van der Waals surface area (Å²) < 4.78 is 38.5. The molecule has 6 heteroatoms. The van der Waals surface area contributed by atoms with Crippen molar-refractivity contribution in [1.29, 1.82) is 0 Å². The van der Waals surface area contributed by atoms with Gasteiger partial charge in [-0.3, -0.25) is 9.59 Å². The van der Waals surface area contributed by atoms with E-state index in [-0.39, 0.29) is 28.5 Å². The Kier molecular flexibility index (Phi) is 6.08. The molecule has 26 heavy (non-hydrogen) atoms. The van der Waals surface area contributed by atoms with Crippen LogP contribution in [0.4, 0.5) is 8.78 Å². The van der Waals surface area contributed by atoms with Crippen molar-refractivity contribution >= 4 is 11.9 Å². The van der Waals surface area contributed by atoms with Gasteiger partial charge in [0.05, 0.1) is 11.8 Å². The van der Waals surface area contributed by atoms with Crippen LogP contribution in [0.15, 0.2) is 36.4 Å². The largest absolute Gasteiger partial charge is 0.426 e. The minimum Gasteiger partial charge on any atom is -0.426 e. The van der Waals surface area contributed by atoms with Crippen LogP contribution in [0.2, 0.25) is 0 Å². The maximum absolute atomic E-state index is 14.3. The highest BCUT2D eigenvalue weighted by molar-refractivity contribution is 5.76. The third-order valence-electron chi connectivity index (χ3n) is 3.56. The summed E-state index contributed by atoms with van der Waals surface area (Å²) in [6, 6.07) is 7.71. The first-order valence-corrected chi connectivity index (χ1v) is 8.22. The molecule has 0 aliphatic carbocycles. The SMILES string of the molecule is CC(C)C(=O)Oc1ccc(-c2ccc(OC(=O)C(C)C)c(F)c2)c(F)c1. The summed E-state index contributed by atoms with van der Waals surface area (Å²) in [5.41, 5.74) is 0.404. The first kappa shape index (κ1) is 19.6. The van der Waals surface area contributed by atoms with Gasteiger partial charge in [0.25, 0.3) is 0 Å². The molecule has 0 atom stereocenters. The van der Waals surface area contributed by atoms with Crippen molar-refractivity contribution in [3.63, 3.8) is 0 Å². The maximum atomic E-state index is 14.3. The molecular formula is C20H20F2O4. The molecule has 2 aromatic rings. The minimum absolute atomic E-state index is 0.0768. The number of carbonyl (C=O) groups excluding carboxylic acids is 2. The predicted octanol–water partition coefficient (Wildman–Crippen LogP) is 4.75. The Labute approximate surface area is 150 Å². The lowest BCUT2D eigenvalue weighted by Crippen LogP contribution is -2.15. The smallest absolute Gasteiger partial charge is 0.313 e. The normalized spacial score (nSPS) is 10.9. The van der Waals surface area contributed by atoms with Gasteiger partial charge in [-0.05, 0) is 29.8 Å². The summed E-state index contributed by atoms with van der Waals surface area (Å²) in [6.07, 6.45) is 0. The number of halogens is 2. The van der Waals surface area contributed by atoms with E-state index in [1.54, 1.807) is 27.7 Å². The van der Waals surface area contributed by atoms with Gasteiger partial charge in [-0.15, -0.1) is 0 Å². The highest BCUT2D eigenvalue weighted by Crippen LogP contribution is 2.30. The van der Waals surface area contributed by atoms with E-state index in [2.05, 4.69) is 0 Å². The van der Waals surface area contributed by atoms with Crippen molar-refractivity contribution in [2.24, 2.45) is 11.8 Å². The zero-order chi connectivity index (χ0) is 19.4. The number of esters is 2. The second kappa shape index (κ2) is 8.08. The zero-order valence-corrected chi connectivity index (χ0v) is 15.0. The van der Waals surface area contributed by atoms with Crippen LogP contribution in [0.5, 0.6) is 11.5 Å². The van der Waals surface area contributed by atoms with Gasteiger partial charge in [0.2, 0.25) is 0 Å². The van der Waals surface area contributed by atoms with Gasteiger partial charge >= 0.3 is 11.9 Å². The molecular weight excluding hydrogens is 342 g/mol. The molecule has 0 saturated carbocycles. The Bertz CT molecular complexity index is 829. The molecule has 0 saturated heterocycles. The average molecular weight is 362 g/mol. The van der Waals surface area contributed by atoms with Gasteiger partial charge in [-0.1, -0.05) is 33.8 Å². The number of hydrogen-bond acceptors (Lipinski definition) is 4. The van der Waals surface area contributed by atoms with Crippen LogP contribution >= 0.6 is 0 Å². The summed E-state index contributed by atoms with van der Waals surface area (Å²) in [4.78, 5) is 23.1. The van der Waals surface area contributed by atoms with Crippen LogP contribution in [0, 0.1) is 23.5 Å². The quantitative estimate of drug-likeness (QED) is 0.569. The minimum atomic E-state index is -0.772. The Morgan fingerprint density at radius 1 is 0.808 bits per heavy atom. The Balaban J connectivity index is 2.24. The van der Waals surface area contributed by atoms with E-state index in [4.69, 9.17) is 9.47 Å². The lowest BCUT2D eigenvalue weighted by atomic mass is 10.0. The predicted molar refractivity (Wildman–Crippen MR) is 92.7 cm³/mol. The molecule has 0 amide bonds. The van der Waals surface area contributed by atoms with Crippen molar-refractivity contribution in [2.45, 2.75) is 27.7 Å². The topological polar surface area (TPSA) is 52.6 Å². The first-order valence-electron chi connectivity index (χ1n) is 8.22. The van der Waals surface area contributed by atoms with Gasteiger partial charge in [-0.2, -0.15) is 0 Å². The Hall–Kier alpha value is -2.76. The van der Waals surface area contributed by atoms with Crippen molar-refractivity contribution in [1.82, 2.24) is 0 Å². The van der Waals surface area contributed by atoms with E-state index in [1.807, 2.05) is 0 Å². The zero-order valence-electron chi connectivity index (χ0n) is 15.0. The van der Waals surface area contributed by atoms with Gasteiger partial charge in [0.15, 0.2) is 11.6 Å². The van der Waals surface area contributed by atoms with E-state index < -0.39 is 29.5 Å². The molecule has 0 radical (unpaired) electrons. The molecule has 0 N–H and O–H groups in total. The molecule has 0 spiro atoms. The molecule has 0 heterocycles. The van der Waals surface area contributed by atoms with Crippen LogP contribution in [-0.4, -0.2) is 11.9 Å². The average Bonchev–Trinajstić information content (AvgIpc) is 2.56. The third-order valence-corrected chi connectivity index (χ3v) is 3.56. The Morgan fingerprint density at radius 3 is 1.96 bits per heavy atom. The maximum Gasteiger partial charge on any atom is 0.313 e. The van der Waals surface area contributed by atoms with Crippen LogP contribution < -0.4 is 9.47 Å². The molecule has 4 nitrogen and oxygen atoms in total. The van der Waals surface area contributed by atoms with Crippen molar-refractivity contribution in [2.75, 3.05) is 0 Å². The van der Waals surface area contributed by atoms with Crippen LogP contribution in [0.1, 0.15) is 27.7 Å². The van der Waals surface area contributed by atoms with E-state index >= 15 is 0 Å². The lowest BCUT2D eigenvalue weighted by molar-refractivity contribution is -0.138. The monoisotopic (exact) mass is 362 g/mol. The van der Waals surface area contributed by atoms with Crippen LogP contribution in [0.3, 0.4) is 0 Å². The second-order valence-corrected chi connectivity index (χ2v) is 6.44. The summed E-state index contributed by atoms with van der Waals surface area (Å²) in [7, 11) is 0. The van der Waals surface area contributed by atoms with Gasteiger partial charge in [-0.25, -0.2) is 8.78 Å². The fraction of sp³-hybridized carbons (Fsp3) is 0.300. The highest BCUT2D eigenvalue weighted by Gasteiger charge is 2.16. The van der Waals surface area contributed by atoms with Crippen LogP contribution in [-0.2, 0) is 9.59 Å². The lowest BCUT2D eigenvalue weighted by Gasteiger charge is -2.11. The number of hydrogen-bond donors (Lipinski definition) is 0. The third kappa shape index (κ3) is 4.65. The molecule has 2 aromatic carbocycles. The summed E-state index contributed by atoms with van der Waals surface area (Å²) in [5, 5.41) is 0. The van der Waals surface area contributed by atoms with E-state index in [1.165, 1.54) is 24.3 Å². The molecule has 0 bridgehead atoms. The second-order valence-electron chi connectivity index (χ2n) is 6.44. The summed E-state index contributed by atoms with van der Waals surface area (Å²) in [5.74, 6) is -3.33. The van der Waals surface area contributed by atoms with E-state index in [0.29, 0.717) is 0 Å². The number of carbonyl (C=O) groups is 2. The number of ether oxygens (including phenoxy) is 2. The molecule has 0 aliphatic rings. The number of rotatable bonds is 5. The first-order chi connectivity index (χ1) is 12.2. The highest BCUT2D eigenvalue weighted by atomic mass is 19.1. The summed E-state index contributed by atoms with van der Waals surface area (Å²) >= 11 is 0.